The highest BCUT2D eigenvalue weighted by molar-refractivity contribution is 5.75. The van der Waals surface area contributed by atoms with Gasteiger partial charge >= 0.3 is 6.03 Å². The van der Waals surface area contributed by atoms with E-state index in [4.69, 9.17) is 4.52 Å². The second-order valence-electron chi connectivity index (χ2n) is 7.99. The number of piperidine rings is 1. The Morgan fingerprint density at radius 1 is 1.30 bits per heavy atom. The van der Waals surface area contributed by atoms with Crippen LogP contribution in [0.1, 0.15) is 70.5 Å². The molecular weight excluding hydrogens is 346 g/mol. The molecule has 2 aliphatic rings. The van der Waals surface area contributed by atoms with Crippen molar-refractivity contribution >= 4 is 11.9 Å². The van der Waals surface area contributed by atoms with Gasteiger partial charge in [0, 0.05) is 51.0 Å². The highest BCUT2D eigenvalue weighted by Crippen LogP contribution is 2.35. The van der Waals surface area contributed by atoms with Crippen molar-refractivity contribution in [3.8, 4) is 0 Å². The topological polar surface area (TPSA) is 91.6 Å². The van der Waals surface area contributed by atoms with Crippen molar-refractivity contribution in [3.05, 3.63) is 11.7 Å². The number of carbonyl (C=O) groups excluding carboxylic acids is 2. The summed E-state index contributed by atoms with van der Waals surface area (Å²) in [5.74, 6) is 1.84. The number of hydrogen-bond acceptors (Lipinski definition) is 5. The van der Waals surface area contributed by atoms with Crippen LogP contribution in [0.5, 0.6) is 0 Å². The first-order valence-corrected chi connectivity index (χ1v) is 10.1. The maximum absolute atomic E-state index is 12.3. The molecule has 1 aromatic heterocycles. The molecule has 0 spiro atoms. The van der Waals surface area contributed by atoms with Crippen LogP contribution in [0.4, 0.5) is 4.79 Å². The van der Waals surface area contributed by atoms with Crippen LogP contribution in [0.3, 0.4) is 0 Å². The molecule has 3 rings (SSSR count). The van der Waals surface area contributed by atoms with E-state index in [1.807, 2.05) is 23.6 Å². The third kappa shape index (κ3) is 4.99. The Bertz CT molecular complexity index is 656. The number of rotatable bonds is 6. The van der Waals surface area contributed by atoms with E-state index in [0.29, 0.717) is 31.3 Å². The first-order valence-electron chi connectivity index (χ1n) is 10.1. The minimum atomic E-state index is -0.0542. The lowest BCUT2D eigenvalue weighted by Crippen LogP contribution is -2.54. The van der Waals surface area contributed by atoms with Crippen molar-refractivity contribution in [2.24, 2.45) is 0 Å². The van der Waals surface area contributed by atoms with Crippen molar-refractivity contribution in [2.45, 2.75) is 77.3 Å². The van der Waals surface area contributed by atoms with Gasteiger partial charge in [-0.3, -0.25) is 4.79 Å². The first-order chi connectivity index (χ1) is 12.9. The molecule has 8 heteroatoms. The first kappa shape index (κ1) is 19.6. The maximum Gasteiger partial charge on any atom is 0.317 e. The fraction of sp³-hybridized carbons (Fsp3) is 0.789. The van der Waals surface area contributed by atoms with Crippen LogP contribution >= 0.6 is 0 Å². The summed E-state index contributed by atoms with van der Waals surface area (Å²) in [5.41, 5.74) is 0. The van der Waals surface area contributed by atoms with Crippen LogP contribution in [0, 0.1) is 0 Å². The SMILES string of the molecule is CC(=O)N(CCc1noc(C2CCC2)n1)C1CCCN(C(=O)NC(C)C)C1. The second-order valence-corrected chi connectivity index (χ2v) is 7.99. The van der Waals surface area contributed by atoms with E-state index < -0.39 is 0 Å². The molecular formula is C19H31N5O3. The summed E-state index contributed by atoms with van der Waals surface area (Å²) >= 11 is 0. The van der Waals surface area contributed by atoms with E-state index in [1.165, 1.54) is 6.42 Å². The molecule has 3 amide bonds. The minimum Gasteiger partial charge on any atom is -0.339 e. The molecule has 1 aromatic rings. The molecule has 8 nitrogen and oxygen atoms in total. The molecule has 0 bridgehead atoms. The Labute approximate surface area is 160 Å². The molecule has 0 radical (unpaired) electrons. The van der Waals surface area contributed by atoms with Gasteiger partial charge in [-0.25, -0.2) is 4.79 Å². The Morgan fingerprint density at radius 2 is 2.07 bits per heavy atom. The second kappa shape index (κ2) is 8.71. The molecule has 1 saturated carbocycles. The van der Waals surface area contributed by atoms with Crippen molar-refractivity contribution in [2.75, 3.05) is 19.6 Å². The van der Waals surface area contributed by atoms with Gasteiger partial charge in [0.15, 0.2) is 5.82 Å². The van der Waals surface area contributed by atoms with Gasteiger partial charge in [-0.15, -0.1) is 0 Å². The Kier molecular flexibility index (Phi) is 6.34. The van der Waals surface area contributed by atoms with Gasteiger partial charge < -0.3 is 19.6 Å². The Morgan fingerprint density at radius 3 is 2.70 bits per heavy atom. The summed E-state index contributed by atoms with van der Waals surface area (Å²) < 4.78 is 5.37. The zero-order chi connectivity index (χ0) is 19.4. The van der Waals surface area contributed by atoms with Crippen LogP contribution < -0.4 is 5.32 Å². The van der Waals surface area contributed by atoms with E-state index in [2.05, 4.69) is 15.5 Å². The lowest BCUT2D eigenvalue weighted by atomic mass is 9.85. The van der Waals surface area contributed by atoms with Gasteiger partial charge in [0.2, 0.25) is 11.8 Å². The summed E-state index contributed by atoms with van der Waals surface area (Å²) in [6.07, 6.45) is 5.85. The normalized spacial score (nSPS) is 20.4. The Hall–Kier alpha value is -2.12. The number of carbonyl (C=O) groups is 2. The van der Waals surface area contributed by atoms with Gasteiger partial charge in [-0.1, -0.05) is 11.6 Å². The molecule has 1 N–H and O–H groups in total. The van der Waals surface area contributed by atoms with E-state index in [-0.39, 0.29) is 24.0 Å². The molecule has 150 valence electrons. The summed E-state index contributed by atoms with van der Waals surface area (Å²) in [4.78, 5) is 32.7. The summed E-state index contributed by atoms with van der Waals surface area (Å²) in [6.45, 7) is 7.33. The van der Waals surface area contributed by atoms with Crippen LogP contribution in [0.25, 0.3) is 0 Å². The van der Waals surface area contributed by atoms with Crippen molar-refractivity contribution < 1.29 is 14.1 Å². The molecule has 1 aliphatic heterocycles. The van der Waals surface area contributed by atoms with Gasteiger partial charge in [-0.2, -0.15) is 4.98 Å². The lowest BCUT2D eigenvalue weighted by Gasteiger charge is -2.39. The van der Waals surface area contributed by atoms with Gasteiger partial charge in [0.25, 0.3) is 0 Å². The van der Waals surface area contributed by atoms with E-state index in [1.54, 1.807) is 6.92 Å². The highest BCUT2D eigenvalue weighted by Gasteiger charge is 2.30. The fourth-order valence-corrected chi connectivity index (χ4v) is 3.74. The fourth-order valence-electron chi connectivity index (χ4n) is 3.74. The molecule has 0 aromatic carbocycles. The zero-order valence-electron chi connectivity index (χ0n) is 16.6. The number of hydrogen-bond donors (Lipinski definition) is 1. The summed E-state index contributed by atoms with van der Waals surface area (Å²) in [6, 6.07) is 0.0820. The molecule has 1 saturated heterocycles. The minimum absolute atomic E-state index is 0.0221. The van der Waals surface area contributed by atoms with Gasteiger partial charge in [0.1, 0.15) is 0 Å². The molecule has 1 atom stereocenters. The smallest absolute Gasteiger partial charge is 0.317 e. The maximum atomic E-state index is 12.3. The summed E-state index contributed by atoms with van der Waals surface area (Å²) in [7, 11) is 0. The van der Waals surface area contributed by atoms with E-state index in [9.17, 15) is 9.59 Å². The predicted molar refractivity (Wildman–Crippen MR) is 100 cm³/mol. The number of nitrogens with one attached hydrogen (secondary N) is 1. The number of nitrogens with zero attached hydrogens (tertiary/aromatic N) is 4. The molecule has 1 unspecified atom stereocenters. The predicted octanol–water partition coefficient (Wildman–Crippen LogP) is 2.31. The van der Waals surface area contributed by atoms with Gasteiger partial charge in [-0.05, 0) is 39.5 Å². The number of urea groups is 1. The quantitative estimate of drug-likeness (QED) is 0.821. The zero-order valence-corrected chi connectivity index (χ0v) is 16.6. The standard InChI is InChI=1S/C19H31N5O3/c1-13(2)20-19(26)23-10-5-8-16(12-23)24(14(3)25)11-9-17-21-18(27-22-17)15-6-4-7-15/h13,15-16H,4-12H2,1-3H3,(H,20,26). The molecule has 2 heterocycles. The number of amides is 3. The highest BCUT2D eigenvalue weighted by atomic mass is 16.5. The van der Waals surface area contributed by atoms with E-state index in [0.717, 1.165) is 38.1 Å². The monoisotopic (exact) mass is 377 g/mol. The van der Waals surface area contributed by atoms with Crippen molar-refractivity contribution in [3.63, 3.8) is 0 Å². The Balaban J connectivity index is 1.56. The molecule has 1 aliphatic carbocycles. The average Bonchev–Trinajstić information content (AvgIpc) is 3.01. The van der Waals surface area contributed by atoms with E-state index >= 15 is 0 Å². The van der Waals surface area contributed by atoms with Crippen LogP contribution in [-0.4, -0.2) is 63.6 Å². The molecule has 2 fully saturated rings. The average molecular weight is 377 g/mol. The van der Waals surface area contributed by atoms with Gasteiger partial charge in [0.05, 0.1) is 0 Å². The molecule has 27 heavy (non-hydrogen) atoms. The largest absolute Gasteiger partial charge is 0.339 e. The van der Waals surface area contributed by atoms with Crippen LogP contribution in [0.2, 0.25) is 0 Å². The van der Waals surface area contributed by atoms with Crippen molar-refractivity contribution in [1.82, 2.24) is 25.3 Å². The lowest BCUT2D eigenvalue weighted by molar-refractivity contribution is -0.132. The summed E-state index contributed by atoms with van der Waals surface area (Å²) in [5, 5.41) is 7.01. The third-order valence-electron chi connectivity index (χ3n) is 5.46. The number of likely N-dealkylation sites (tertiary alicyclic amines) is 1. The van der Waals surface area contributed by atoms with Crippen LogP contribution in [-0.2, 0) is 11.2 Å². The van der Waals surface area contributed by atoms with Crippen molar-refractivity contribution in [1.29, 1.82) is 0 Å². The third-order valence-corrected chi connectivity index (χ3v) is 5.46. The number of aromatic nitrogens is 2. The van der Waals surface area contributed by atoms with Crippen LogP contribution in [0.15, 0.2) is 4.52 Å².